The van der Waals surface area contributed by atoms with Gasteiger partial charge in [0, 0.05) is 22.9 Å². The van der Waals surface area contributed by atoms with Crippen LogP contribution in [0.4, 0.5) is 5.69 Å². The van der Waals surface area contributed by atoms with Gasteiger partial charge in [0.15, 0.2) is 12.4 Å². The van der Waals surface area contributed by atoms with Gasteiger partial charge < -0.3 is 19.2 Å². The van der Waals surface area contributed by atoms with Crippen LogP contribution in [0.1, 0.15) is 27.8 Å². The van der Waals surface area contributed by atoms with Crippen molar-refractivity contribution in [3.8, 4) is 17.1 Å². The first-order chi connectivity index (χ1) is 14.0. The summed E-state index contributed by atoms with van der Waals surface area (Å²) in [5.74, 6) is -0.250. The molecule has 29 heavy (non-hydrogen) atoms. The summed E-state index contributed by atoms with van der Waals surface area (Å²) < 4.78 is 15.6. The van der Waals surface area contributed by atoms with Crippen molar-refractivity contribution in [3.63, 3.8) is 0 Å². The van der Waals surface area contributed by atoms with E-state index in [4.69, 9.17) is 13.9 Å². The van der Waals surface area contributed by atoms with E-state index >= 15 is 0 Å². The summed E-state index contributed by atoms with van der Waals surface area (Å²) in [5.41, 5.74) is 1.83. The quantitative estimate of drug-likeness (QED) is 0.482. The Morgan fingerprint density at radius 1 is 1.00 bits per heavy atom. The van der Waals surface area contributed by atoms with Crippen molar-refractivity contribution in [2.24, 2.45) is 0 Å². The minimum Gasteiger partial charge on any atom is -0.497 e. The van der Waals surface area contributed by atoms with Gasteiger partial charge >= 0.3 is 5.97 Å². The number of methoxy groups -OCH3 is 1. The lowest BCUT2D eigenvalue weighted by Crippen LogP contribution is -2.20. The van der Waals surface area contributed by atoms with Gasteiger partial charge in [0.05, 0.1) is 7.11 Å². The number of nitrogens with one attached hydrogen (secondary N) is 1. The average Bonchev–Trinajstić information content (AvgIpc) is 3.22. The molecule has 1 amide bonds. The Labute approximate surface area is 167 Å². The van der Waals surface area contributed by atoms with Crippen LogP contribution in [0.2, 0.25) is 0 Å². The van der Waals surface area contributed by atoms with Crippen LogP contribution in [0.3, 0.4) is 0 Å². The van der Waals surface area contributed by atoms with E-state index in [1.54, 1.807) is 54.6 Å². The molecule has 3 aromatic rings. The van der Waals surface area contributed by atoms with E-state index in [9.17, 15) is 14.4 Å². The monoisotopic (exact) mass is 393 g/mol. The second-order valence-corrected chi connectivity index (χ2v) is 6.15. The fourth-order valence-electron chi connectivity index (χ4n) is 2.57. The Morgan fingerprint density at radius 2 is 1.76 bits per heavy atom. The molecule has 0 radical (unpaired) electrons. The van der Waals surface area contributed by atoms with Crippen molar-refractivity contribution in [2.45, 2.75) is 6.92 Å². The van der Waals surface area contributed by atoms with Gasteiger partial charge in [0.25, 0.3) is 5.91 Å². The van der Waals surface area contributed by atoms with Crippen molar-refractivity contribution < 1.29 is 28.3 Å². The van der Waals surface area contributed by atoms with E-state index in [1.807, 2.05) is 0 Å². The third kappa shape index (κ3) is 5.10. The molecule has 1 aromatic heterocycles. The van der Waals surface area contributed by atoms with Gasteiger partial charge in [0.1, 0.15) is 11.5 Å². The van der Waals surface area contributed by atoms with Gasteiger partial charge in [-0.2, -0.15) is 0 Å². The fraction of sp³-hybridized carbons (Fsp3) is 0.136. The molecule has 0 saturated heterocycles. The summed E-state index contributed by atoms with van der Waals surface area (Å²) in [6.45, 7) is 1.03. The lowest BCUT2D eigenvalue weighted by Gasteiger charge is -2.07. The molecule has 3 rings (SSSR count). The number of carbonyl (C=O) groups excluding carboxylic acids is 3. The molecule has 2 aromatic carbocycles. The van der Waals surface area contributed by atoms with Crippen LogP contribution in [0.15, 0.2) is 65.1 Å². The van der Waals surface area contributed by atoms with Gasteiger partial charge in [0.2, 0.25) is 5.76 Å². The molecular weight excluding hydrogens is 374 g/mol. The van der Waals surface area contributed by atoms with Crippen molar-refractivity contribution in [3.05, 3.63) is 72.0 Å². The molecule has 0 fully saturated rings. The molecule has 0 aliphatic heterocycles. The lowest BCUT2D eigenvalue weighted by molar-refractivity contribution is -0.119. The number of hydrogen-bond acceptors (Lipinski definition) is 6. The van der Waals surface area contributed by atoms with E-state index in [1.165, 1.54) is 20.1 Å². The zero-order valence-corrected chi connectivity index (χ0v) is 15.9. The highest BCUT2D eigenvalue weighted by molar-refractivity contribution is 5.95. The number of ketones is 1. The summed E-state index contributed by atoms with van der Waals surface area (Å²) in [7, 11) is 1.53. The van der Waals surface area contributed by atoms with Gasteiger partial charge in [-0.05, 0) is 31.2 Å². The smallest absolute Gasteiger partial charge is 0.374 e. The molecule has 0 saturated carbocycles. The second kappa shape index (κ2) is 8.88. The molecule has 0 aliphatic carbocycles. The van der Waals surface area contributed by atoms with E-state index < -0.39 is 18.5 Å². The minimum absolute atomic E-state index is 0.0233. The third-order valence-corrected chi connectivity index (χ3v) is 4.07. The molecule has 7 nitrogen and oxygen atoms in total. The van der Waals surface area contributed by atoms with E-state index in [0.717, 1.165) is 0 Å². The van der Waals surface area contributed by atoms with E-state index in [0.29, 0.717) is 28.3 Å². The Balaban J connectivity index is 1.57. The van der Waals surface area contributed by atoms with E-state index in [2.05, 4.69) is 5.32 Å². The van der Waals surface area contributed by atoms with Crippen LogP contribution in [0.25, 0.3) is 11.3 Å². The molecule has 0 atom stereocenters. The maximum absolute atomic E-state index is 12.1. The van der Waals surface area contributed by atoms with Crippen molar-refractivity contribution in [2.75, 3.05) is 19.0 Å². The van der Waals surface area contributed by atoms with Gasteiger partial charge in [-0.1, -0.05) is 30.3 Å². The van der Waals surface area contributed by atoms with Crippen LogP contribution in [0.5, 0.6) is 5.75 Å². The van der Waals surface area contributed by atoms with Crippen molar-refractivity contribution in [1.29, 1.82) is 0 Å². The average molecular weight is 393 g/mol. The highest BCUT2D eigenvalue weighted by Gasteiger charge is 2.16. The number of amides is 1. The van der Waals surface area contributed by atoms with Crippen LogP contribution in [-0.2, 0) is 9.53 Å². The molecule has 0 aliphatic rings. The summed E-state index contributed by atoms with van der Waals surface area (Å²) in [6.07, 6.45) is 0. The number of benzene rings is 2. The zero-order chi connectivity index (χ0) is 20.8. The number of Topliss-reactive ketones (excluding diaryl/α,β-unsaturated/α-hetero) is 1. The lowest BCUT2D eigenvalue weighted by atomic mass is 10.1. The molecular formula is C22H19NO6. The van der Waals surface area contributed by atoms with Crippen LogP contribution in [-0.4, -0.2) is 31.4 Å². The summed E-state index contributed by atoms with van der Waals surface area (Å²) in [6, 6.07) is 16.7. The first kappa shape index (κ1) is 19.9. The molecule has 1 N–H and O–H groups in total. The third-order valence-electron chi connectivity index (χ3n) is 4.07. The molecule has 7 heteroatoms. The molecule has 0 unspecified atom stereocenters. The number of rotatable bonds is 7. The maximum Gasteiger partial charge on any atom is 0.374 e. The number of esters is 1. The normalized spacial score (nSPS) is 10.3. The Bertz CT molecular complexity index is 1040. The molecule has 0 bridgehead atoms. The summed E-state index contributed by atoms with van der Waals surface area (Å²) in [4.78, 5) is 35.4. The van der Waals surface area contributed by atoms with Crippen LogP contribution < -0.4 is 10.1 Å². The Kier molecular flexibility index (Phi) is 6.09. The number of hydrogen-bond donors (Lipinski definition) is 1. The van der Waals surface area contributed by atoms with Gasteiger partial charge in [-0.25, -0.2) is 4.79 Å². The maximum atomic E-state index is 12.1. The Hall–Kier alpha value is -3.87. The van der Waals surface area contributed by atoms with Crippen molar-refractivity contribution in [1.82, 2.24) is 0 Å². The molecule has 0 spiro atoms. The topological polar surface area (TPSA) is 94.8 Å². The predicted octanol–water partition coefficient (Wildman–Crippen LogP) is 3.95. The number of anilines is 1. The largest absolute Gasteiger partial charge is 0.497 e. The standard InChI is InChI=1S/C22H19NO6/c1-14(24)15-6-8-16(9-7-15)19-10-11-20(29-19)22(26)28-13-21(25)23-17-4-3-5-18(12-17)27-2/h3-12H,13H2,1-2H3,(H,23,25). The number of ether oxygens (including phenoxy) is 2. The van der Waals surface area contributed by atoms with Crippen molar-refractivity contribution >= 4 is 23.3 Å². The van der Waals surface area contributed by atoms with Gasteiger partial charge in [-0.15, -0.1) is 0 Å². The van der Waals surface area contributed by atoms with Gasteiger partial charge in [-0.3, -0.25) is 9.59 Å². The van der Waals surface area contributed by atoms with Crippen LogP contribution >= 0.6 is 0 Å². The first-order valence-electron chi connectivity index (χ1n) is 8.78. The SMILES string of the molecule is COc1cccc(NC(=O)COC(=O)c2ccc(-c3ccc(C(C)=O)cc3)o2)c1. The van der Waals surface area contributed by atoms with E-state index in [-0.39, 0.29) is 11.5 Å². The number of carbonyl (C=O) groups is 3. The first-order valence-corrected chi connectivity index (χ1v) is 8.78. The molecule has 148 valence electrons. The number of furan rings is 1. The highest BCUT2D eigenvalue weighted by atomic mass is 16.5. The Morgan fingerprint density at radius 3 is 2.45 bits per heavy atom. The zero-order valence-electron chi connectivity index (χ0n) is 15.9. The summed E-state index contributed by atoms with van der Waals surface area (Å²) in [5, 5.41) is 2.61. The minimum atomic E-state index is -0.752. The summed E-state index contributed by atoms with van der Waals surface area (Å²) >= 11 is 0. The predicted molar refractivity (Wildman–Crippen MR) is 106 cm³/mol. The van der Waals surface area contributed by atoms with Crippen LogP contribution in [0, 0.1) is 0 Å². The highest BCUT2D eigenvalue weighted by Crippen LogP contribution is 2.23. The molecule has 1 heterocycles. The fourth-order valence-corrected chi connectivity index (χ4v) is 2.57. The second-order valence-electron chi connectivity index (χ2n) is 6.15.